The Morgan fingerprint density at radius 2 is 2.30 bits per heavy atom. The monoisotopic (exact) mass is 321 g/mol. The number of carboxylic acid groups (broad SMARTS) is 1. The van der Waals surface area contributed by atoms with E-state index in [-0.39, 0.29) is 12.6 Å². The summed E-state index contributed by atoms with van der Waals surface area (Å²) in [4.78, 5) is 28.9. The van der Waals surface area contributed by atoms with Crippen LogP contribution < -0.4 is 10.1 Å². The van der Waals surface area contributed by atoms with Crippen LogP contribution in [0.15, 0.2) is 18.3 Å². The molecule has 1 atom stereocenters. The number of nitrogens with one attached hydrogen (secondary N) is 1. The summed E-state index contributed by atoms with van der Waals surface area (Å²) in [7, 11) is 0. The Labute approximate surface area is 135 Å². The minimum Gasteiger partial charge on any atom is -0.481 e. The third-order valence-corrected chi connectivity index (χ3v) is 3.79. The van der Waals surface area contributed by atoms with Gasteiger partial charge in [0.15, 0.2) is 0 Å². The number of aromatic nitrogens is 1. The first kappa shape index (κ1) is 17.1. The molecule has 23 heavy (non-hydrogen) atoms. The van der Waals surface area contributed by atoms with E-state index in [1.165, 1.54) is 11.1 Å². The summed E-state index contributed by atoms with van der Waals surface area (Å²) in [6.07, 6.45) is 4.89. The number of likely N-dealkylation sites (tertiary alicyclic amines) is 1. The number of piperidine rings is 1. The molecule has 1 saturated heterocycles. The maximum absolute atomic E-state index is 12.2. The van der Waals surface area contributed by atoms with Gasteiger partial charge in [0.1, 0.15) is 0 Å². The molecule has 0 aliphatic carbocycles. The van der Waals surface area contributed by atoms with E-state index in [9.17, 15) is 9.59 Å². The molecule has 0 saturated carbocycles. The SMILES string of the molecule is CCCCOc1ccc(NC(=O)N2CCCC(C(=O)O)C2)cn1. The van der Waals surface area contributed by atoms with Crippen molar-refractivity contribution in [3.05, 3.63) is 18.3 Å². The molecule has 0 bridgehead atoms. The van der Waals surface area contributed by atoms with Gasteiger partial charge in [-0.2, -0.15) is 0 Å². The number of carbonyl (C=O) groups is 2. The lowest BCUT2D eigenvalue weighted by molar-refractivity contribution is -0.143. The standard InChI is InChI=1S/C16H23N3O4/c1-2-3-9-23-14-7-6-13(10-17-14)18-16(22)19-8-4-5-12(11-19)15(20)21/h6-7,10,12H,2-5,8-9,11H2,1H3,(H,18,22)(H,20,21). The van der Waals surface area contributed by atoms with Gasteiger partial charge in [0, 0.05) is 19.2 Å². The molecule has 1 aliphatic heterocycles. The number of unbranched alkanes of at least 4 members (excludes halogenated alkanes) is 1. The van der Waals surface area contributed by atoms with Gasteiger partial charge in [0.25, 0.3) is 0 Å². The summed E-state index contributed by atoms with van der Waals surface area (Å²) < 4.78 is 5.46. The Morgan fingerprint density at radius 1 is 1.48 bits per heavy atom. The second-order valence-electron chi connectivity index (χ2n) is 5.64. The van der Waals surface area contributed by atoms with Gasteiger partial charge < -0.3 is 20.1 Å². The van der Waals surface area contributed by atoms with Crippen LogP contribution in [0.3, 0.4) is 0 Å². The number of hydrogen-bond acceptors (Lipinski definition) is 4. The Hall–Kier alpha value is -2.31. The molecular formula is C16H23N3O4. The van der Waals surface area contributed by atoms with Crippen LogP contribution in [0.2, 0.25) is 0 Å². The molecule has 0 aromatic carbocycles. The van der Waals surface area contributed by atoms with Crippen LogP contribution in [-0.4, -0.2) is 46.7 Å². The van der Waals surface area contributed by atoms with Crippen molar-refractivity contribution in [1.29, 1.82) is 0 Å². The van der Waals surface area contributed by atoms with Gasteiger partial charge in [-0.1, -0.05) is 13.3 Å². The van der Waals surface area contributed by atoms with Crippen molar-refractivity contribution in [3.63, 3.8) is 0 Å². The molecule has 2 heterocycles. The highest BCUT2D eigenvalue weighted by atomic mass is 16.5. The van der Waals surface area contributed by atoms with E-state index in [4.69, 9.17) is 9.84 Å². The number of anilines is 1. The zero-order valence-electron chi connectivity index (χ0n) is 13.3. The van der Waals surface area contributed by atoms with Gasteiger partial charge in [-0.15, -0.1) is 0 Å². The molecule has 1 aliphatic rings. The summed E-state index contributed by atoms with van der Waals surface area (Å²) >= 11 is 0. The molecule has 2 amide bonds. The summed E-state index contributed by atoms with van der Waals surface area (Å²) in [5.41, 5.74) is 0.565. The third-order valence-electron chi connectivity index (χ3n) is 3.79. The van der Waals surface area contributed by atoms with E-state index in [0.29, 0.717) is 37.6 Å². The lowest BCUT2D eigenvalue weighted by atomic mass is 9.99. The fourth-order valence-electron chi connectivity index (χ4n) is 2.43. The van der Waals surface area contributed by atoms with Crippen LogP contribution in [0, 0.1) is 5.92 Å². The van der Waals surface area contributed by atoms with E-state index in [1.807, 2.05) is 0 Å². The number of carbonyl (C=O) groups excluding carboxylic acids is 1. The predicted molar refractivity (Wildman–Crippen MR) is 85.6 cm³/mol. The second-order valence-corrected chi connectivity index (χ2v) is 5.64. The number of hydrogen-bond donors (Lipinski definition) is 2. The Bertz CT molecular complexity index is 533. The van der Waals surface area contributed by atoms with E-state index in [1.54, 1.807) is 12.1 Å². The number of ether oxygens (including phenoxy) is 1. The van der Waals surface area contributed by atoms with Crippen LogP contribution in [0.5, 0.6) is 5.88 Å². The largest absolute Gasteiger partial charge is 0.481 e. The van der Waals surface area contributed by atoms with Gasteiger partial charge >= 0.3 is 12.0 Å². The van der Waals surface area contributed by atoms with Gasteiger partial charge in [0.05, 0.1) is 24.4 Å². The highest BCUT2D eigenvalue weighted by Crippen LogP contribution is 2.18. The maximum atomic E-state index is 12.2. The van der Waals surface area contributed by atoms with Gasteiger partial charge in [-0.3, -0.25) is 4.79 Å². The molecule has 7 heteroatoms. The number of pyridine rings is 1. The zero-order valence-corrected chi connectivity index (χ0v) is 13.3. The van der Waals surface area contributed by atoms with E-state index < -0.39 is 11.9 Å². The maximum Gasteiger partial charge on any atom is 0.321 e. The predicted octanol–water partition coefficient (Wildman–Crippen LogP) is 2.59. The third kappa shape index (κ3) is 5.12. The quantitative estimate of drug-likeness (QED) is 0.786. The highest BCUT2D eigenvalue weighted by Gasteiger charge is 2.28. The number of carboxylic acids is 1. The molecule has 1 aromatic heterocycles. The Morgan fingerprint density at radius 3 is 2.96 bits per heavy atom. The second kappa shape index (κ2) is 8.36. The molecule has 1 aromatic rings. The number of urea groups is 1. The Kier molecular flexibility index (Phi) is 6.19. The molecule has 2 N–H and O–H groups in total. The molecule has 1 fully saturated rings. The molecule has 0 spiro atoms. The molecule has 2 rings (SSSR count). The summed E-state index contributed by atoms with van der Waals surface area (Å²) in [6, 6.07) is 3.14. The van der Waals surface area contributed by atoms with Crippen LogP contribution in [0.1, 0.15) is 32.6 Å². The average molecular weight is 321 g/mol. The highest BCUT2D eigenvalue weighted by molar-refractivity contribution is 5.89. The first-order chi connectivity index (χ1) is 11.1. The normalized spacial score (nSPS) is 17.6. The topological polar surface area (TPSA) is 91.8 Å². The lowest BCUT2D eigenvalue weighted by Gasteiger charge is -2.30. The fourth-order valence-corrected chi connectivity index (χ4v) is 2.43. The van der Waals surface area contributed by atoms with Crippen molar-refractivity contribution < 1.29 is 19.4 Å². The van der Waals surface area contributed by atoms with Gasteiger partial charge in [0.2, 0.25) is 5.88 Å². The van der Waals surface area contributed by atoms with E-state index >= 15 is 0 Å². The smallest absolute Gasteiger partial charge is 0.321 e. The first-order valence-electron chi connectivity index (χ1n) is 7.97. The van der Waals surface area contributed by atoms with Crippen molar-refractivity contribution in [2.75, 3.05) is 25.0 Å². The van der Waals surface area contributed by atoms with Crippen LogP contribution in [-0.2, 0) is 4.79 Å². The molecular weight excluding hydrogens is 298 g/mol. The molecule has 0 radical (unpaired) electrons. The summed E-state index contributed by atoms with van der Waals surface area (Å²) in [5, 5.41) is 11.8. The minimum atomic E-state index is -0.849. The molecule has 7 nitrogen and oxygen atoms in total. The number of aliphatic carboxylic acids is 1. The van der Waals surface area contributed by atoms with Gasteiger partial charge in [-0.05, 0) is 25.3 Å². The van der Waals surface area contributed by atoms with Crippen molar-refractivity contribution in [1.82, 2.24) is 9.88 Å². The minimum absolute atomic E-state index is 0.243. The number of nitrogens with zero attached hydrogens (tertiary/aromatic N) is 2. The van der Waals surface area contributed by atoms with Crippen molar-refractivity contribution in [3.8, 4) is 5.88 Å². The van der Waals surface area contributed by atoms with Crippen molar-refractivity contribution in [2.24, 2.45) is 5.92 Å². The molecule has 126 valence electrons. The average Bonchev–Trinajstić information content (AvgIpc) is 2.56. The summed E-state index contributed by atoms with van der Waals surface area (Å²) in [6.45, 7) is 3.53. The van der Waals surface area contributed by atoms with Gasteiger partial charge in [-0.25, -0.2) is 9.78 Å². The molecule has 1 unspecified atom stereocenters. The fraction of sp³-hybridized carbons (Fsp3) is 0.562. The van der Waals surface area contributed by atoms with E-state index in [2.05, 4.69) is 17.2 Å². The van der Waals surface area contributed by atoms with E-state index in [0.717, 1.165) is 12.8 Å². The summed E-state index contributed by atoms with van der Waals surface area (Å²) in [5.74, 6) is -0.805. The van der Waals surface area contributed by atoms with Crippen LogP contribution >= 0.6 is 0 Å². The number of rotatable bonds is 6. The van der Waals surface area contributed by atoms with Crippen molar-refractivity contribution in [2.45, 2.75) is 32.6 Å². The van der Waals surface area contributed by atoms with Crippen molar-refractivity contribution >= 4 is 17.7 Å². The van der Waals surface area contributed by atoms with Crippen LogP contribution in [0.4, 0.5) is 10.5 Å². The van der Waals surface area contributed by atoms with Crippen LogP contribution in [0.25, 0.3) is 0 Å². The first-order valence-corrected chi connectivity index (χ1v) is 7.97. The lowest BCUT2D eigenvalue weighted by Crippen LogP contribution is -2.44. The Balaban J connectivity index is 1.86. The zero-order chi connectivity index (χ0) is 16.7. The number of amides is 2.